The molecule has 4 aromatic rings. The van der Waals surface area contributed by atoms with Gasteiger partial charge in [0.25, 0.3) is 5.56 Å². The third-order valence-electron chi connectivity index (χ3n) is 5.85. The molecular weight excluding hydrogens is 488 g/mol. The van der Waals surface area contributed by atoms with Crippen LogP contribution in [0.3, 0.4) is 0 Å². The standard InChI is InChI=1S/C24H24N4O7S/c1-27-22-18(23(29)28(2)24(27)30)17(13-11-15(33-3)19(35-5)16(12-13)34-4)20(21(25)26-22)36(31,32)14-9-7-6-8-10-14/h6-12H,1-5H3,(H2,25,26). The Morgan fingerprint density at radius 1 is 0.889 bits per heavy atom. The molecule has 0 saturated heterocycles. The Kier molecular flexibility index (Phi) is 6.23. The van der Waals surface area contributed by atoms with Gasteiger partial charge in [-0.3, -0.25) is 13.9 Å². The van der Waals surface area contributed by atoms with Crippen LogP contribution in [0.25, 0.3) is 22.2 Å². The smallest absolute Gasteiger partial charge is 0.332 e. The summed E-state index contributed by atoms with van der Waals surface area (Å²) in [7, 11) is 2.67. The van der Waals surface area contributed by atoms with Gasteiger partial charge >= 0.3 is 5.69 Å². The van der Waals surface area contributed by atoms with Crippen LogP contribution < -0.4 is 31.2 Å². The first-order valence-electron chi connectivity index (χ1n) is 10.6. The number of pyridine rings is 1. The van der Waals surface area contributed by atoms with Crippen molar-refractivity contribution >= 4 is 26.7 Å². The number of aromatic nitrogens is 3. The SMILES string of the molecule is COc1cc(-c2c(S(=O)(=O)c3ccccc3)c(N)nc3c2c(=O)n(C)c(=O)n3C)cc(OC)c1OC. The Balaban J connectivity index is 2.31. The zero-order valence-electron chi connectivity index (χ0n) is 20.2. The number of methoxy groups -OCH3 is 3. The number of nitrogens with zero attached hydrogens (tertiary/aromatic N) is 3. The number of aryl methyl sites for hydroxylation is 1. The van der Waals surface area contributed by atoms with Crippen LogP contribution in [-0.2, 0) is 23.9 Å². The molecule has 2 N–H and O–H groups in total. The van der Waals surface area contributed by atoms with Gasteiger partial charge in [0.1, 0.15) is 10.7 Å². The summed E-state index contributed by atoms with van der Waals surface area (Å²) in [5.41, 5.74) is 4.98. The zero-order chi connectivity index (χ0) is 26.4. The Morgan fingerprint density at radius 2 is 1.47 bits per heavy atom. The second-order valence-electron chi connectivity index (χ2n) is 7.84. The first-order valence-corrected chi connectivity index (χ1v) is 12.1. The van der Waals surface area contributed by atoms with Gasteiger partial charge in [-0.25, -0.2) is 18.2 Å². The highest BCUT2D eigenvalue weighted by atomic mass is 32.2. The van der Waals surface area contributed by atoms with E-state index >= 15 is 0 Å². The highest BCUT2D eigenvalue weighted by Crippen LogP contribution is 2.45. The van der Waals surface area contributed by atoms with Crippen LogP contribution in [0.4, 0.5) is 5.82 Å². The summed E-state index contributed by atoms with van der Waals surface area (Å²) in [5, 5.41) is -0.113. The van der Waals surface area contributed by atoms with Gasteiger partial charge in [0.05, 0.1) is 31.6 Å². The molecule has 0 fully saturated rings. The van der Waals surface area contributed by atoms with E-state index in [-0.39, 0.29) is 55.0 Å². The van der Waals surface area contributed by atoms with E-state index in [1.165, 1.54) is 59.7 Å². The average molecular weight is 513 g/mol. The number of nitrogens with two attached hydrogens (primary N) is 1. The van der Waals surface area contributed by atoms with Crippen molar-refractivity contribution in [1.82, 2.24) is 14.1 Å². The molecule has 0 bridgehead atoms. The summed E-state index contributed by atoms with van der Waals surface area (Å²) in [4.78, 5) is 29.8. The Labute approximate surface area is 206 Å². The van der Waals surface area contributed by atoms with Gasteiger partial charge in [-0.05, 0) is 29.8 Å². The van der Waals surface area contributed by atoms with Crippen LogP contribution in [0.2, 0.25) is 0 Å². The second-order valence-corrected chi connectivity index (χ2v) is 9.72. The average Bonchev–Trinajstić information content (AvgIpc) is 2.89. The van der Waals surface area contributed by atoms with Crippen LogP contribution >= 0.6 is 0 Å². The van der Waals surface area contributed by atoms with Gasteiger partial charge in [0.15, 0.2) is 17.1 Å². The number of ether oxygens (including phenoxy) is 3. The van der Waals surface area contributed by atoms with E-state index in [4.69, 9.17) is 19.9 Å². The number of rotatable bonds is 6. The van der Waals surface area contributed by atoms with Crippen molar-refractivity contribution in [2.75, 3.05) is 27.1 Å². The summed E-state index contributed by atoms with van der Waals surface area (Å²) in [6.45, 7) is 0. The largest absolute Gasteiger partial charge is 0.493 e. The lowest BCUT2D eigenvalue weighted by molar-refractivity contribution is 0.324. The van der Waals surface area contributed by atoms with E-state index in [0.717, 1.165) is 9.13 Å². The van der Waals surface area contributed by atoms with E-state index in [1.807, 2.05) is 0 Å². The number of anilines is 1. The minimum absolute atomic E-state index is 0.0446. The number of hydrogen-bond donors (Lipinski definition) is 1. The first kappa shape index (κ1) is 24.8. The van der Waals surface area contributed by atoms with E-state index < -0.39 is 21.1 Å². The fourth-order valence-electron chi connectivity index (χ4n) is 4.08. The summed E-state index contributed by atoms with van der Waals surface area (Å²) >= 11 is 0. The summed E-state index contributed by atoms with van der Waals surface area (Å²) in [6.07, 6.45) is 0. The summed E-state index contributed by atoms with van der Waals surface area (Å²) in [6, 6.07) is 10.6. The van der Waals surface area contributed by atoms with Crippen LogP contribution in [0.1, 0.15) is 0 Å². The molecule has 188 valence electrons. The fraction of sp³-hybridized carbons (Fsp3) is 0.208. The van der Waals surface area contributed by atoms with Crippen molar-refractivity contribution < 1.29 is 22.6 Å². The highest BCUT2D eigenvalue weighted by Gasteiger charge is 2.31. The highest BCUT2D eigenvalue weighted by molar-refractivity contribution is 7.91. The third-order valence-corrected chi connectivity index (χ3v) is 7.69. The quantitative estimate of drug-likeness (QED) is 0.408. The zero-order valence-corrected chi connectivity index (χ0v) is 21.0. The second kappa shape index (κ2) is 9.04. The molecule has 4 rings (SSSR count). The molecule has 12 heteroatoms. The summed E-state index contributed by atoms with van der Waals surface area (Å²) < 4.78 is 46.1. The lowest BCUT2D eigenvalue weighted by atomic mass is 10.0. The molecule has 2 aromatic heterocycles. The maximum absolute atomic E-state index is 13.9. The van der Waals surface area contributed by atoms with Gasteiger partial charge in [0, 0.05) is 19.7 Å². The van der Waals surface area contributed by atoms with E-state index in [2.05, 4.69) is 4.98 Å². The van der Waals surface area contributed by atoms with Crippen LogP contribution in [0.5, 0.6) is 17.2 Å². The van der Waals surface area contributed by atoms with Crippen molar-refractivity contribution in [1.29, 1.82) is 0 Å². The lowest BCUT2D eigenvalue weighted by Crippen LogP contribution is -2.38. The first-order chi connectivity index (χ1) is 17.1. The molecule has 0 aliphatic heterocycles. The number of hydrogen-bond acceptors (Lipinski definition) is 9. The molecule has 0 amide bonds. The molecule has 2 aromatic carbocycles. The maximum atomic E-state index is 13.9. The Morgan fingerprint density at radius 3 is 2.00 bits per heavy atom. The van der Waals surface area contributed by atoms with Crippen LogP contribution in [-0.4, -0.2) is 43.9 Å². The molecule has 0 aliphatic carbocycles. The minimum atomic E-state index is -4.28. The molecule has 0 saturated carbocycles. The number of sulfone groups is 1. The predicted octanol–water partition coefficient (Wildman–Crippen LogP) is 1.74. The van der Waals surface area contributed by atoms with Crippen molar-refractivity contribution in [2.45, 2.75) is 9.79 Å². The fourth-order valence-corrected chi connectivity index (χ4v) is 5.64. The molecule has 0 atom stereocenters. The van der Waals surface area contributed by atoms with Gasteiger partial charge in [0.2, 0.25) is 15.6 Å². The molecule has 11 nitrogen and oxygen atoms in total. The Hall–Kier alpha value is -4.32. The third kappa shape index (κ3) is 3.66. The van der Waals surface area contributed by atoms with E-state index in [9.17, 15) is 18.0 Å². The Bertz CT molecular complexity index is 1700. The topological polar surface area (TPSA) is 145 Å². The van der Waals surface area contributed by atoms with Gasteiger partial charge in [-0.2, -0.15) is 0 Å². The number of benzene rings is 2. The van der Waals surface area contributed by atoms with Crippen molar-refractivity contribution in [2.24, 2.45) is 14.1 Å². The van der Waals surface area contributed by atoms with Gasteiger partial charge < -0.3 is 19.9 Å². The molecule has 2 heterocycles. The monoisotopic (exact) mass is 512 g/mol. The van der Waals surface area contributed by atoms with Gasteiger partial charge in [-0.1, -0.05) is 18.2 Å². The number of fused-ring (bicyclic) bond motifs is 1. The molecule has 36 heavy (non-hydrogen) atoms. The summed E-state index contributed by atoms with van der Waals surface area (Å²) in [5.74, 6) is 0.335. The molecule has 0 radical (unpaired) electrons. The van der Waals surface area contributed by atoms with Crippen LogP contribution in [0, 0.1) is 0 Å². The van der Waals surface area contributed by atoms with E-state index in [0.29, 0.717) is 0 Å². The number of nitrogen functional groups attached to an aromatic ring is 1. The van der Waals surface area contributed by atoms with Crippen molar-refractivity contribution in [3.05, 3.63) is 63.3 Å². The maximum Gasteiger partial charge on any atom is 0.332 e. The predicted molar refractivity (Wildman–Crippen MR) is 134 cm³/mol. The normalized spacial score (nSPS) is 11.5. The molecule has 0 spiro atoms. The molecule has 0 aliphatic rings. The molecular formula is C24H24N4O7S. The van der Waals surface area contributed by atoms with E-state index in [1.54, 1.807) is 18.2 Å². The van der Waals surface area contributed by atoms with Gasteiger partial charge in [-0.15, -0.1) is 0 Å². The minimum Gasteiger partial charge on any atom is -0.493 e. The van der Waals surface area contributed by atoms with Crippen molar-refractivity contribution in [3.63, 3.8) is 0 Å². The molecule has 0 unspecified atom stereocenters. The lowest BCUT2D eigenvalue weighted by Gasteiger charge is -2.19. The van der Waals surface area contributed by atoms with Crippen molar-refractivity contribution in [3.8, 4) is 28.4 Å². The van der Waals surface area contributed by atoms with Crippen LogP contribution in [0.15, 0.2) is 61.8 Å².